The molecule has 0 aliphatic rings. The van der Waals surface area contributed by atoms with Crippen LogP contribution in [0.3, 0.4) is 0 Å². The average Bonchev–Trinajstić information content (AvgIpc) is 3.04. The van der Waals surface area contributed by atoms with Crippen molar-refractivity contribution < 1.29 is 14.0 Å². The molecule has 4 nitrogen and oxygen atoms in total. The molecular weight excluding hydrogens is 303 g/mol. The van der Waals surface area contributed by atoms with Crippen LogP contribution in [0.15, 0.2) is 41.1 Å². The summed E-state index contributed by atoms with van der Waals surface area (Å²) in [4.78, 5) is 23.3. The molecule has 0 unspecified atom stereocenters. The molecule has 6 heteroatoms. The summed E-state index contributed by atoms with van der Waals surface area (Å²) >= 11 is 1.47. The molecule has 0 aliphatic heterocycles. The van der Waals surface area contributed by atoms with Crippen molar-refractivity contribution in [3.8, 4) is 0 Å². The number of amides is 2. The van der Waals surface area contributed by atoms with E-state index < -0.39 is 0 Å². The molecule has 2 aromatic rings. The Balaban J connectivity index is 1.61. The molecule has 2 N–H and O–H groups in total. The van der Waals surface area contributed by atoms with Crippen LogP contribution in [0.4, 0.5) is 4.39 Å². The number of carbonyl (C=O) groups is 2. The summed E-state index contributed by atoms with van der Waals surface area (Å²) in [6.45, 7) is 0.750. The van der Waals surface area contributed by atoms with E-state index >= 15 is 0 Å². The van der Waals surface area contributed by atoms with Crippen molar-refractivity contribution in [1.82, 2.24) is 10.6 Å². The summed E-state index contributed by atoms with van der Waals surface area (Å²) in [7, 11) is 0. The lowest BCUT2D eigenvalue weighted by atomic mass is 10.2. The van der Waals surface area contributed by atoms with Crippen LogP contribution in [-0.2, 0) is 11.3 Å². The molecular formula is C16H17FN2O2S. The maximum atomic E-state index is 13.0. The fraction of sp³-hybridized carbons (Fsp3) is 0.250. The Labute approximate surface area is 132 Å². The number of benzene rings is 1. The number of rotatable bonds is 7. The van der Waals surface area contributed by atoms with Crippen LogP contribution in [-0.4, -0.2) is 18.4 Å². The standard InChI is InChI=1S/C16H17FN2O2S/c17-14-4-1-3-12(9-14)10-19-15(20)5-2-7-18-16(21)13-6-8-22-11-13/h1,3-4,6,8-9,11H,2,5,7,10H2,(H,18,21)(H,19,20). The van der Waals surface area contributed by atoms with E-state index in [0.717, 1.165) is 5.56 Å². The van der Waals surface area contributed by atoms with Gasteiger partial charge in [0.2, 0.25) is 5.91 Å². The van der Waals surface area contributed by atoms with Gasteiger partial charge in [0.15, 0.2) is 0 Å². The molecule has 0 saturated heterocycles. The first-order chi connectivity index (χ1) is 10.6. The normalized spacial score (nSPS) is 10.2. The van der Waals surface area contributed by atoms with E-state index in [4.69, 9.17) is 0 Å². The topological polar surface area (TPSA) is 58.2 Å². The van der Waals surface area contributed by atoms with Gasteiger partial charge in [-0.05, 0) is 35.6 Å². The van der Waals surface area contributed by atoms with Crippen molar-refractivity contribution in [2.45, 2.75) is 19.4 Å². The van der Waals surface area contributed by atoms with E-state index in [2.05, 4.69) is 10.6 Å². The van der Waals surface area contributed by atoms with E-state index in [1.54, 1.807) is 23.6 Å². The third-order valence-corrected chi connectivity index (χ3v) is 3.71. The minimum absolute atomic E-state index is 0.117. The smallest absolute Gasteiger partial charge is 0.252 e. The maximum Gasteiger partial charge on any atom is 0.252 e. The van der Waals surface area contributed by atoms with E-state index in [1.165, 1.54) is 23.5 Å². The summed E-state index contributed by atoms with van der Waals surface area (Å²) < 4.78 is 13.0. The summed E-state index contributed by atoms with van der Waals surface area (Å²) in [6.07, 6.45) is 0.879. The average molecular weight is 320 g/mol. The van der Waals surface area contributed by atoms with Crippen LogP contribution in [0.2, 0.25) is 0 Å². The molecule has 0 bridgehead atoms. The molecule has 0 fully saturated rings. The number of hydrogen-bond acceptors (Lipinski definition) is 3. The molecule has 0 atom stereocenters. The molecule has 0 spiro atoms. The van der Waals surface area contributed by atoms with Gasteiger partial charge >= 0.3 is 0 Å². The summed E-state index contributed by atoms with van der Waals surface area (Å²) in [5.74, 6) is -0.557. The summed E-state index contributed by atoms with van der Waals surface area (Å²) in [5, 5.41) is 9.11. The van der Waals surface area contributed by atoms with Gasteiger partial charge in [0.1, 0.15) is 5.82 Å². The Morgan fingerprint density at radius 2 is 2.05 bits per heavy atom. The predicted molar refractivity (Wildman–Crippen MR) is 84.1 cm³/mol. The maximum absolute atomic E-state index is 13.0. The highest BCUT2D eigenvalue weighted by Crippen LogP contribution is 2.05. The van der Waals surface area contributed by atoms with Crippen LogP contribution < -0.4 is 10.6 Å². The Morgan fingerprint density at radius 3 is 2.77 bits per heavy atom. The molecule has 1 heterocycles. The van der Waals surface area contributed by atoms with Gasteiger partial charge in [0, 0.05) is 30.5 Å². The van der Waals surface area contributed by atoms with Crippen molar-refractivity contribution in [3.05, 3.63) is 58.0 Å². The Kier molecular flexibility index (Phi) is 6.09. The van der Waals surface area contributed by atoms with Gasteiger partial charge in [0.05, 0.1) is 0 Å². The van der Waals surface area contributed by atoms with Crippen LogP contribution in [0, 0.1) is 5.82 Å². The van der Waals surface area contributed by atoms with Crippen LogP contribution in [0.25, 0.3) is 0 Å². The van der Waals surface area contributed by atoms with Crippen LogP contribution in [0.5, 0.6) is 0 Å². The molecule has 22 heavy (non-hydrogen) atoms. The Hall–Kier alpha value is -2.21. The molecule has 1 aromatic carbocycles. The monoisotopic (exact) mass is 320 g/mol. The SMILES string of the molecule is O=C(CCCNC(=O)c1ccsc1)NCc1cccc(F)c1. The highest BCUT2D eigenvalue weighted by molar-refractivity contribution is 7.08. The number of carbonyl (C=O) groups excluding carboxylic acids is 2. The number of thiophene rings is 1. The number of nitrogens with one attached hydrogen (secondary N) is 2. The third kappa shape index (κ3) is 5.29. The van der Waals surface area contributed by atoms with E-state index in [1.807, 2.05) is 5.38 Å². The van der Waals surface area contributed by atoms with Gasteiger partial charge in [-0.1, -0.05) is 12.1 Å². The van der Waals surface area contributed by atoms with Gasteiger partial charge < -0.3 is 10.6 Å². The predicted octanol–water partition coefficient (Wildman–Crippen LogP) is 2.71. The lowest BCUT2D eigenvalue weighted by molar-refractivity contribution is -0.121. The van der Waals surface area contributed by atoms with E-state index in [0.29, 0.717) is 31.5 Å². The fourth-order valence-corrected chi connectivity index (χ4v) is 2.52. The first kappa shape index (κ1) is 16.2. The largest absolute Gasteiger partial charge is 0.352 e. The zero-order valence-electron chi connectivity index (χ0n) is 12.0. The fourth-order valence-electron chi connectivity index (χ4n) is 1.88. The second-order valence-corrected chi connectivity index (χ2v) is 5.56. The second kappa shape index (κ2) is 8.29. The number of hydrogen-bond donors (Lipinski definition) is 2. The lowest BCUT2D eigenvalue weighted by Crippen LogP contribution is -2.27. The van der Waals surface area contributed by atoms with Crippen molar-refractivity contribution in [3.63, 3.8) is 0 Å². The van der Waals surface area contributed by atoms with Crippen LogP contribution >= 0.6 is 11.3 Å². The molecule has 2 amide bonds. The van der Waals surface area contributed by atoms with Crippen LogP contribution in [0.1, 0.15) is 28.8 Å². The first-order valence-corrected chi connectivity index (χ1v) is 7.91. The van der Waals surface area contributed by atoms with Crippen molar-refractivity contribution >= 4 is 23.2 Å². The third-order valence-electron chi connectivity index (χ3n) is 3.03. The van der Waals surface area contributed by atoms with Gasteiger partial charge in [0.25, 0.3) is 5.91 Å². The van der Waals surface area contributed by atoms with Crippen molar-refractivity contribution in [1.29, 1.82) is 0 Å². The van der Waals surface area contributed by atoms with Crippen molar-refractivity contribution in [2.24, 2.45) is 0 Å². The highest BCUT2D eigenvalue weighted by Gasteiger charge is 2.06. The zero-order chi connectivity index (χ0) is 15.8. The van der Waals surface area contributed by atoms with E-state index in [-0.39, 0.29) is 17.6 Å². The summed E-state index contributed by atoms with van der Waals surface area (Å²) in [5.41, 5.74) is 1.36. The summed E-state index contributed by atoms with van der Waals surface area (Å²) in [6, 6.07) is 7.87. The molecule has 0 saturated carbocycles. The first-order valence-electron chi connectivity index (χ1n) is 6.96. The quantitative estimate of drug-likeness (QED) is 0.771. The molecule has 1 aromatic heterocycles. The Bertz CT molecular complexity index is 629. The molecule has 116 valence electrons. The zero-order valence-corrected chi connectivity index (χ0v) is 12.8. The van der Waals surface area contributed by atoms with Crippen molar-refractivity contribution in [2.75, 3.05) is 6.54 Å². The minimum Gasteiger partial charge on any atom is -0.352 e. The molecule has 2 rings (SSSR count). The van der Waals surface area contributed by atoms with Gasteiger partial charge in [-0.3, -0.25) is 9.59 Å². The van der Waals surface area contributed by atoms with Gasteiger partial charge in [-0.15, -0.1) is 0 Å². The highest BCUT2D eigenvalue weighted by atomic mass is 32.1. The minimum atomic E-state index is -0.317. The lowest BCUT2D eigenvalue weighted by Gasteiger charge is -2.06. The molecule has 0 radical (unpaired) electrons. The van der Waals surface area contributed by atoms with Gasteiger partial charge in [-0.2, -0.15) is 11.3 Å². The Morgan fingerprint density at radius 1 is 1.18 bits per heavy atom. The number of halogens is 1. The second-order valence-electron chi connectivity index (χ2n) is 4.78. The van der Waals surface area contributed by atoms with E-state index in [9.17, 15) is 14.0 Å². The molecule has 0 aliphatic carbocycles. The van der Waals surface area contributed by atoms with Gasteiger partial charge in [-0.25, -0.2) is 4.39 Å².